The average molecular weight is 264 g/mol. The van der Waals surface area contributed by atoms with Gasteiger partial charge in [-0.05, 0) is 46.1 Å². The topological polar surface area (TPSA) is 39.2 Å². The molecule has 3 aromatic rings. The largest absolute Gasteiger partial charge is 0.448 e. The van der Waals surface area contributed by atoms with Gasteiger partial charge in [-0.2, -0.15) is 0 Å². The standard InChI is InChI=1S/C13H10ClNOS/c14-12-6-5-10(16-12)13(15)9-7-17-11-4-2-1-3-8(9)11/h1-7,13H,15H2. The van der Waals surface area contributed by atoms with Crippen molar-refractivity contribution in [3.05, 3.63) is 58.3 Å². The van der Waals surface area contributed by atoms with E-state index in [-0.39, 0.29) is 6.04 Å². The Morgan fingerprint density at radius 1 is 1.18 bits per heavy atom. The quantitative estimate of drug-likeness (QED) is 0.753. The molecular weight excluding hydrogens is 254 g/mol. The second kappa shape index (κ2) is 4.18. The van der Waals surface area contributed by atoms with Crippen molar-refractivity contribution in [3.8, 4) is 0 Å². The van der Waals surface area contributed by atoms with Crippen LogP contribution in [0, 0.1) is 0 Å². The van der Waals surface area contributed by atoms with Crippen LogP contribution in [0.5, 0.6) is 0 Å². The SMILES string of the molecule is NC(c1ccc(Cl)o1)c1csc2ccccc12. The molecule has 0 saturated heterocycles. The second-order valence-electron chi connectivity index (χ2n) is 3.81. The summed E-state index contributed by atoms with van der Waals surface area (Å²) in [6, 6.07) is 11.5. The molecule has 0 aliphatic carbocycles. The number of rotatable bonds is 2. The van der Waals surface area contributed by atoms with Crippen LogP contribution in [0.2, 0.25) is 5.22 Å². The first-order valence-corrected chi connectivity index (χ1v) is 6.48. The normalized spacial score (nSPS) is 13.1. The molecule has 3 rings (SSSR count). The van der Waals surface area contributed by atoms with Gasteiger partial charge in [0.15, 0.2) is 5.22 Å². The molecule has 0 fully saturated rings. The molecule has 0 radical (unpaired) electrons. The molecule has 0 saturated carbocycles. The van der Waals surface area contributed by atoms with Crippen LogP contribution in [0.4, 0.5) is 0 Å². The van der Waals surface area contributed by atoms with E-state index >= 15 is 0 Å². The van der Waals surface area contributed by atoms with Crippen molar-refractivity contribution >= 4 is 33.0 Å². The maximum atomic E-state index is 6.19. The molecule has 1 atom stereocenters. The third-order valence-electron chi connectivity index (χ3n) is 2.75. The molecule has 2 nitrogen and oxygen atoms in total. The predicted octanol–water partition coefficient (Wildman–Crippen LogP) is 4.20. The van der Waals surface area contributed by atoms with Crippen LogP contribution in [-0.4, -0.2) is 0 Å². The fourth-order valence-electron chi connectivity index (χ4n) is 1.89. The minimum Gasteiger partial charge on any atom is -0.448 e. The van der Waals surface area contributed by atoms with Gasteiger partial charge < -0.3 is 10.2 Å². The van der Waals surface area contributed by atoms with Crippen LogP contribution >= 0.6 is 22.9 Å². The van der Waals surface area contributed by atoms with Crippen molar-refractivity contribution in [2.45, 2.75) is 6.04 Å². The first kappa shape index (κ1) is 10.8. The highest BCUT2D eigenvalue weighted by atomic mass is 35.5. The van der Waals surface area contributed by atoms with Gasteiger partial charge in [0, 0.05) is 4.70 Å². The van der Waals surface area contributed by atoms with Gasteiger partial charge in [-0.25, -0.2) is 0 Å². The maximum Gasteiger partial charge on any atom is 0.193 e. The molecule has 0 aliphatic rings. The lowest BCUT2D eigenvalue weighted by atomic mass is 10.0. The molecule has 2 N–H and O–H groups in total. The van der Waals surface area contributed by atoms with Crippen LogP contribution in [0.25, 0.3) is 10.1 Å². The summed E-state index contributed by atoms with van der Waals surface area (Å²) in [6.07, 6.45) is 0. The number of nitrogens with two attached hydrogens (primary N) is 1. The number of hydrogen-bond acceptors (Lipinski definition) is 3. The van der Waals surface area contributed by atoms with Gasteiger partial charge in [0.2, 0.25) is 0 Å². The number of benzene rings is 1. The van der Waals surface area contributed by atoms with Gasteiger partial charge in [-0.15, -0.1) is 11.3 Å². The van der Waals surface area contributed by atoms with E-state index in [9.17, 15) is 0 Å². The zero-order chi connectivity index (χ0) is 11.8. The third kappa shape index (κ3) is 1.86. The Morgan fingerprint density at radius 2 is 2.00 bits per heavy atom. The van der Waals surface area contributed by atoms with E-state index in [2.05, 4.69) is 17.5 Å². The number of fused-ring (bicyclic) bond motifs is 1. The summed E-state index contributed by atoms with van der Waals surface area (Å²) in [5, 5.41) is 3.62. The molecule has 0 aliphatic heterocycles. The molecule has 17 heavy (non-hydrogen) atoms. The summed E-state index contributed by atoms with van der Waals surface area (Å²) in [5.41, 5.74) is 7.27. The fraction of sp³-hybridized carbons (Fsp3) is 0.0769. The summed E-state index contributed by atoms with van der Waals surface area (Å²) in [5.74, 6) is 0.693. The van der Waals surface area contributed by atoms with E-state index in [1.165, 1.54) is 10.1 Å². The molecule has 0 amide bonds. The molecule has 1 unspecified atom stereocenters. The molecule has 0 spiro atoms. The molecule has 86 valence electrons. The van der Waals surface area contributed by atoms with E-state index in [1.807, 2.05) is 18.2 Å². The highest BCUT2D eigenvalue weighted by Crippen LogP contribution is 2.33. The van der Waals surface area contributed by atoms with Crippen molar-refractivity contribution in [3.63, 3.8) is 0 Å². The summed E-state index contributed by atoms with van der Waals surface area (Å²) >= 11 is 7.45. The maximum absolute atomic E-state index is 6.19. The number of halogens is 1. The first-order chi connectivity index (χ1) is 8.25. The molecule has 1 aromatic carbocycles. The minimum atomic E-state index is -0.265. The number of furan rings is 1. The van der Waals surface area contributed by atoms with Crippen molar-refractivity contribution in [1.29, 1.82) is 0 Å². The Labute approximate surface area is 108 Å². The van der Waals surface area contributed by atoms with Crippen LogP contribution in [0.3, 0.4) is 0 Å². The van der Waals surface area contributed by atoms with Gasteiger partial charge in [-0.3, -0.25) is 0 Å². The van der Waals surface area contributed by atoms with E-state index in [4.69, 9.17) is 21.8 Å². The van der Waals surface area contributed by atoms with Gasteiger partial charge in [-0.1, -0.05) is 18.2 Å². The Hall–Kier alpha value is -1.29. The monoisotopic (exact) mass is 263 g/mol. The van der Waals surface area contributed by atoms with Crippen LogP contribution in [-0.2, 0) is 0 Å². The lowest BCUT2D eigenvalue weighted by molar-refractivity contribution is 0.492. The third-order valence-corrected chi connectivity index (χ3v) is 3.93. The van der Waals surface area contributed by atoms with Gasteiger partial charge in [0.25, 0.3) is 0 Å². The van der Waals surface area contributed by atoms with E-state index < -0.39 is 0 Å². The van der Waals surface area contributed by atoms with Crippen molar-refractivity contribution in [2.24, 2.45) is 5.73 Å². The Kier molecular flexibility index (Phi) is 2.67. The van der Waals surface area contributed by atoms with E-state index in [0.717, 1.165) is 5.56 Å². The first-order valence-electron chi connectivity index (χ1n) is 5.22. The molecule has 2 aromatic heterocycles. The second-order valence-corrected chi connectivity index (χ2v) is 5.09. The van der Waals surface area contributed by atoms with Crippen molar-refractivity contribution in [1.82, 2.24) is 0 Å². The van der Waals surface area contributed by atoms with Crippen LogP contribution < -0.4 is 5.73 Å². The highest BCUT2D eigenvalue weighted by molar-refractivity contribution is 7.17. The van der Waals surface area contributed by atoms with E-state index in [1.54, 1.807) is 17.4 Å². The lowest BCUT2D eigenvalue weighted by Gasteiger charge is -2.07. The van der Waals surface area contributed by atoms with Gasteiger partial charge in [0.05, 0.1) is 6.04 Å². The Balaban J connectivity index is 2.09. The van der Waals surface area contributed by atoms with Gasteiger partial charge >= 0.3 is 0 Å². The number of thiophene rings is 1. The zero-order valence-corrected chi connectivity index (χ0v) is 10.5. The lowest BCUT2D eigenvalue weighted by Crippen LogP contribution is -2.10. The smallest absolute Gasteiger partial charge is 0.193 e. The average Bonchev–Trinajstić information content (AvgIpc) is 2.94. The highest BCUT2D eigenvalue weighted by Gasteiger charge is 2.16. The molecular formula is C13H10ClNOS. The van der Waals surface area contributed by atoms with Crippen LogP contribution in [0.15, 0.2) is 46.2 Å². The fourth-order valence-corrected chi connectivity index (χ4v) is 3.04. The Morgan fingerprint density at radius 3 is 2.76 bits per heavy atom. The Bertz CT molecular complexity index is 658. The summed E-state index contributed by atoms with van der Waals surface area (Å²) in [4.78, 5) is 0. The summed E-state index contributed by atoms with van der Waals surface area (Å²) < 4.78 is 6.60. The zero-order valence-electron chi connectivity index (χ0n) is 8.89. The van der Waals surface area contributed by atoms with Crippen molar-refractivity contribution < 1.29 is 4.42 Å². The molecule has 2 heterocycles. The van der Waals surface area contributed by atoms with Crippen molar-refractivity contribution in [2.75, 3.05) is 0 Å². The van der Waals surface area contributed by atoms with Gasteiger partial charge in [0.1, 0.15) is 5.76 Å². The summed E-state index contributed by atoms with van der Waals surface area (Å²) in [6.45, 7) is 0. The minimum absolute atomic E-state index is 0.265. The predicted molar refractivity (Wildman–Crippen MR) is 71.6 cm³/mol. The summed E-state index contributed by atoms with van der Waals surface area (Å²) in [7, 11) is 0. The van der Waals surface area contributed by atoms with Crippen LogP contribution in [0.1, 0.15) is 17.4 Å². The molecule has 0 bridgehead atoms. The van der Waals surface area contributed by atoms with E-state index in [0.29, 0.717) is 11.0 Å². The number of hydrogen-bond donors (Lipinski definition) is 1. The molecule has 4 heteroatoms.